The summed E-state index contributed by atoms with van der Waals surface area (Å²) in [5.74, 6) is 1.36. The minimum Gasteiger partial charge on any atom is -0.270 e. The maximum Gasteiger partial charge on any atom is 0.343 e. The Morgan fingerprint density at radius 2 is 2.04 bits per heavy atom. The largest absolute Gasteiger partial charge is 0.343 e. The summed E-state index contributed by atoms with van der Waals surface area (Å²) in [5.41, 5.74) is 0.995. The highest BCUT2D eigenvalue weighted by molar-refractivity contribution is 7.98. The highest BCUT2D eigenvalue weighted by Crippen LogP contribution is 2.18. The van der Waals surface area contributed by atoms with Crippen molar-refractivity contribution in [2.75, 3.05) is 0 Å². The van der Waals surface area contributed by atoms with Crippen molar-refractivity contribution in [2.45, 2.75) is 43.8 Å². The zero-order valence-electron chi connectivity index (χ0n) is 13.4. The number of tetrazole rings is 1. The molecule has 0 aliphatic rings. The minimum atomic E-state index is -0.193. The second-order valence-electron chi connectivity index (χ2n) is 5.31. The smallest absolute Gasteiger partial charge is 0.270 e. The van der Waals surface area contributed by atoms with Crippen LogP contribution in [0.15, 0.2) is 40.3 Å². The van der Waals surface area contributed by atoms with Crippen LogP contribution in [-0.4, -0.2) is 35.0 Å². The Morgan fingerprint density at radius 3 is 2.83 bits per heavy atom. The molecule has 0 radical (unpaired) electrons. The molecule has 126 valence electrons. The van der Waals surface area contributed by atoms with E-state index in [0.29, 0.717) is 17.5 Å². The van der Waals surface area contributed by atoms with E-state index < -0.39 is 0 Å². The van der Waals surface area contributed by atoms with Crippen LogP contribution in [0.2, 0.25) is 0 Å². The van der Waals surface area contributed by atoms with E-state index in [-0.39, 0.29) is 5.69 Å². The summed E-state index contributed by atoms with van der Waals surface area (Å²) in [4.78, 5) is 12.0. The predicted octanol–water partition coefficient (Wildman–Crippen LogP) is 1.50. The normalized spacial score (nSPS) is 11.0. The lowest BCUT2D eigenvalue weighted by Gasteiger charge is -2.06. The monoisotopic (exact) mass is 345 g/mol. The van der Waals surface area contributed by atoms with Crippen molar-refractivity contribution < 1.29 is 0 Å². The van der Waals surface area contributed by atoms with Gasteiger partial charge in [0.05, 0.1) is 5.75 Å². The van der Waals surface area contributed by atoms with E-state index in [1.54, 1.807) is 9.25 Å². The van der Waals surface area contributed by atoms with Crippen LogP contribution in [-0.2, 0) is 25.3 Å². The van der Waals surface area contributed by atoms with E-state index in [0.717, 1.165) is 25.2 Å². The fraction of sp³-hybridized carbons (Fsp3) is 0.400. The summed E-state index contributed by atoms with van der Waals surface area (Å²) in [6.45, 7) is 3.44. The second kappa shape index (κ2) is 7.91. The summed E-state index contributed by atoms with van der Waals surface area (Å²) < 4.78 is 3.44. The minimum absolute atomic E-state index is 0.193. The maximum atomic E-state index is 12.0. The Morgan fingerprint density at radius 1 is 1.21 bits per heavy atom. The fourth-order valence-corrected chi connectivity index (χ4v) is 3.24. The number of H-pyrrole nitrogens is 1. The Balaban J connectivity index is 1.66. The first-order valence-corrected chi connectivity index (χ1v) is 8.83. The molecule has 9 heteroatoms. The molecule has 1 aromatic carbocycles. The van der Waals surface area contributed by atoms with Gasteiger partial charge in [-0.05, 0) is 28.8 Å². The predicted molar refractivity (Wildman–Crippen MR) is 90.7 cm³/mol. The molecule has 0 amide bonds. The molecule has 0 saturated heterocycles. The van der Waals surface area contributed by atoms with Gasteiger partial charge in [0.1, 0.15) is 0 Å². The Hall–Kier alpha value is -2.42. The zero-order chi connectivity index (χ0) is 16.8. The second-order valence-corrected chi connectivity index (χ2v) is 6.25. The van der Waals surface area contributed by atoms with Gasteiger partial charge in [-0.3, -0.25) is 4.57 Å². The number of nitrogens with one attached hydrogen (secondary N) is 1. The molecule has 3 aromatic rings. The number of rotatable bonds is 8. The van der Waals surface area contributed by atoms with Crippen LogP contribution in [0.5, 0.6) is 0 Å². The fourth-order valence-electron chi connectivity index (χ4n) is 2.34. The number of thioether (sulfide) groups is 1. The number of aromatic nitrogens is 7. The van der Waals surface area contributed by atoms with E-state index in [9.17, 15) is 4.79 Å². The van der Waals surface area contributed by atoms with E-state index in [1.807, 2.05) is 18.2 Å². The molecule has 3 rings (SSSR count). The molecule has 24 heavy (non-hydrogen) atoms. The third-order valence-corrected chi connectivity index (χ3v) is 4.53. The lowest BCUT2D eigenvalue weighted by Crippen LogP contribution is -2.19. The van der Waals surface area contributed by atoms with E-state index >= 15 is 0 Å². The van der Waals surface area contributed by atoms with Crippen molar-refractivity contribution in [1.82, 2.24) is 35.0 Å². The van der Waals surface area contributed by atoms with Crippen LogP contribution in [0.4, 0.5) is 0 Å². The first-order valence-electron chi connectivity index (χ1n) is 7.85. The van der Waals surface area contributed by atoms with Crippen molar-refractivity contribution in [1.29, 1.82) is 0 Å². The summed E-state index contributed by atoms with van der Waals surface area (Å²) in [6.07, 6.45) is 1.74. The van der Waals surface area contributed by atoms with Gasteiger partial charge in [0.25, 0.3) is 0 Å². The average molecular weight is 345 g/mol. The van der Waals surface area contributed by atoms with Crippen molar-refractivity contribution >= 4 is 11.8 Å². The Kier molecular flexibility index (Phi) is 5.42. The van der Waals surface area contributed by atoms with Gasteiger partial charge < -0.3 is 0 Å². The van der Waals surface area contributed by atoms with E-state index in [2.05, 4.69) is 44.8 Å². The topological polar surface area (TPSA) is 94.3 Å². The molecule has 2 heterocycles. The molecule has 0 atom stereocenters. The van der Waals surface area contributed by atoms with Crippen LogP contribution in [0.25, 0.3) is 0 Å². The molecule has 0 aliphatic carbocycles. The lowest BCUT2D eigenvalue weighted by molar-refractivity contribution is 0.563. The van der Waals surface area contributed by atoms with Crippen LogP contribution >= 0.6 is 11.8 Å². The molecule has 0 bridgehead atoms. The zero-order valence-corrected chi connectivity index (χ0v) is 14.2. The van der Waals surface area contributed by atoms with Gasteiger partial charge in [-0.1, -0.05) is 49.0 Å². The van der Waals surface area contributed by atoms with Crippen molar-refractivity contribution in [2.24, 2.45) is 0 Å². The first-order chi connectivity index (χ1) is 11.8. The van der Waals surface area contributed by atoms with E-state index in [4.69, 9.17) is 0 Å². The first kappa shape index (κ1) is 16.4. The number of aryl methyl sites for hydroxylation is 2. The summed E-state index contributed by atoms with van der Waals surface area (Å²) >= 11 is 1.46. The van der Waals surface area contributed by atoms with Gasteiger partial charge in [-0.25, -0.2) is 14.6 Å². The number of hydrogen-bond donors (Lipinski definition) is 1. The van der Waals surface area contributed by atoms with Gasteiger partial charge in [0.15, 0.2) is 11.0 Å². The van der Waals surface area contributed by atoms with Crippen LogP contribution in [0, 0.1) is 0 Å². The number of nitrogens with zero attached hydrogens (tertiary/aromatic N) is 6. The van der Waals surface area contributed by atoms with E-state index in [1.165, 1.54) is 17.3 Å². The van der Waals surface area contributed by atoms with Crippen molar-refractivity contribution in [3.63, 3.8) is 0 Å². The SMILES string of the molecule is CCCn1nnnc1CSc1n[nH]c(=O)n1CCc1ccccc1. The maximum absolute atomic E-state index is 12.0. The molecular weight excluding hydrogens is 326 g/mol. The third kappa shape index (κ3) is 3.91. The van der Waals surface area contributed by atoms with Crippen LogP contribution in [0.3, 0.4) is 0 Å². The van der Waals surface area contributed by atoms with Gasteiger partial charge >= 0.3 is 5.69 Å². The molecule has 0 aliphatic heterocycles. The number of hydrogen-bond acceptors (Lipinski definition) is 6. The molecule has 0 spiro atoms. The highest BCUT2D eigenvalue weighted by atomic mass is 32.2. The molecule has 2 aromatic heterocycles. The lowest BCUT2D eigenvalue weighted by atomic mass is 10.1. The van der Waals surface area contributed by atoms with Gasteiger partial charge in [0, 0.05) is 13.1 Å². The molecule has 8 nitrogen and oxygen atoms in total. The van der Waals surface area contributed by atoms with Gasteiger partial charge in [0.2, 0.25) is 0 Å². The Bertz CT molecular complexity index is 824. The number of benzene rings is 1. The molecular formula is C15H19N7OS. The summed E-state index contributed by atoms with van der Waals surface area (Å²) in [6, 6.07) is 10.1. The highest BCUT2D eigenvalue weighted by Gasteiger charge is 2.12. The summed E-state index contributed by atoms with van der Waals surface area (Å²) in [7, 11) is 0. The molecule has 0 saturated carbocycles. The molecule has 1 N–H and O–H groups in total. The summed E-state index contributed by atoms with van der Waals surface area (Å²) in [5, 5.41) is 19.0. The van der Waals surface area contributed by atoms with Crippen molar-refractivity contribution in [3.8, 4) is 0 Å². The van der Waals surface area contributed by atoms with Gasteiger partial charge in [-0.15, -0.1) is 10.2 Å². The standard InChI is InChI=1S/C15H19N7OS/c1-2-9-22-13(16-19-20-22)11-24-15-18-17-14(23)21(15)10-8-12-6-4-3-5-7-12/h3-7H,2,8-11H2,1H3,(H,17,23). The molecule has 0 unspecified atom stereocenters. The van der Waals surface area contributed by atoms with Crippen LogP contribution in [0.1, 0.15) is 24.7 Å². The Labute approximate surface area is 143 Å². The average Bonchev–Trinajstić information content (AvgIpc) is 3.19. The quantitative estimate of drug-likeness (QED) is 0.622. The number of aromatic amines is 1. The van der Waals surface area contributed by atoms with Crippen LogP contribution < -0.4 is 5.69 Å². The third-order valence-electron chi connectivity index (χ3n) is 3.56. The van der Waals surface area contributed by atoms with Crippen molar-refractivity contribution in [3.05, 3.63) is 52.2 Å². The molecule has 0 fully saturated rings. The van der Waals surface area contributed by atoms with Gasteiger partial charge in [-0.2, -0.15) is 0 Å².